The molecular weight excluding hydrogens is 202 g/mol. The zero-order valence-electron chi connectivity index (χ0n) is 9.08. The third kappa shape index (κ3) is 5.01. The van der Waals surface area contributed by atoms with E-state index in [-0.39, 0.29) is 21.4 Å². The first kappa shape index (κ1) is 13.2. The van der Waals surface area contributed by atoms with Crippen molar-refractivity contribution in [3.05, 3.63) is 0 Å². The normalized spacial score (nSPS) is 12.5. The lowest BCUT2D eigenvalue weighted by molar-refractivity contribution is -0.113. The first-order valence-corrected chi connectivity index (χ1v) is 4.95. The van der Waals surface area contributed by atoms with Crippen LogP contribution in [0.3, 0.4) is 0 Å². The molecule has 0 radical (unpaired) electrons. The highest BCUT2D eigenvalue weighted by Crippen LogP contribution is 2.24. The van der Waals surface area contributed by atoms with Crippen LogP contribution in [0.15, 0.2) is 5.16 Å². The van der Waals surface area contributed by atoms with Crippen LogP contribution in [0.1, 0.15) is 27.7 Å². The number of carbonyl (C=O) groups is 2. The lowest BCUT2D eigenvalue weighted by Crippen LogP contribution is -2.24. The summed E-state index contributed by atoms with van der Waals surface area (Å²) in [6.07, 6.45) is 0. The van der Waals surface area contributed by atoms with E-state index in [1.54, 1.807) is 0 Å². The molecule has 0 spiro atoms. The van der Waals surface area contributed by atoms with E-state index >= 15 is 0 Å². The summed E-state index contributed by atoms with van der Waals surface area (Å²) in [6.45, 7) is 6.96. The van der Waals surface area contributed by atoms with Crippen LogP contribution < -0.4 is 0 Å². The van der Waals surface area contributed by atoms with Crippen molar-refractivity contribution < 1.29 is 14.4 Å². The van der Waals surface area contributed by atoms with Gasteiger partial charge in [-0.1, -0.05) is 37.7 Å². The van der Waals surface area contributed by atoms with Gasteiger partial charge in [-0.25, -0.2) is 0 Å². The molecule has 0 unspecified atom stereocenters. The average molecular weight is 217 g/mol. The van der Waals surface area contributed by atoms with Gasteiger partial charge in [0.25, 0.3) is 0 Å². The average Bonchev–Trinajstić information content (AvgIpc) is 1.95. The number of rotatable bonds is 3. The zero-order valence-corrected chi connectivity index (χ0v) is 9.90. The number of thioether (sulfide) groups is 1. The Kier molecular flexibility index (Phi) is 4.83. The molecule has 0 aromatic carbocycles. The highest BCUT2D eigenvalue weighted by Gasteiger charge is 2.24. The van der Waals surface area contributed by atoms with Crippen molar-refractivity contribution in [1.29, 1.82) is 0 Å². The van der Waals surface area contributed by atoms with Gasteiger partial charge in [0.1, 0.15) is 7.11 Å². The molecule has 0 aromatic heterocycles. The van der Waals surface area contributed by atoms with Crippen LogP contribution in [0.4, 0.5) is 0 Å². The predicted octanol–water partition coefficient (Wildman–Crippen LogP) is 1.64. The molecule has 0 N–H and O–H groups in total. The van der Waals surface area contributed by atoms with Gasteiger partial charge in [-0.2, -0.15) is 0 Å². The van der Waals surface area contributed by atoms with Gasteiger partial charge < -0.3 is 4.84 Å². The van der Waals surface area contributed by atoms with E-state index in [4.69, 9.17) is 0 Å². The highest BCUT2D eigenvalue weighted by atomic mass is 32.2. The lowest BCUT2D eigenvalue weighted by Gasteiger charge is -2.15. The maximum absolute atomic E-state index is 11.5. The fourth-order valence-electron chi connectivity index (χ4n) is 0.663. The van der Waals surface area contributed by atoms with Crippen LogP contribution >= 0.6 is 11.8 Å². The molecule has 0 aliphatic carbocycles. The minimum atomic E-state index is -0.381. The number of nitrogens with zero attached hydrogens (tertiary/aromatic N) is 1. The molecule has 0 heterocycles. The Morgan fingerprint density at radius 2 is 1.79 bits per heavy atom. The first-order valence-electron chi connectivity index (χ1n) is 4.13. The summed E-state index contributed by atoms with van der Waals surface area (Å²) in [5, 5.41) is 3.05. The number of hydrogen-bond donors (Lipinski definition) is 0. The van der Waals surface area contributed by atoms with Gasteiger partial charge in [0.05, 0.1) is 0 Å². The maximum atomic E-state index is 11.5. The molecule has 5 heteroatoms. The van der Waals surface area contributed by atoms with Gasteiger partial charge in [0.15, 0.2) is 11.5 Å². The summed E-state index contributed by atoms with van der Waals surface area (Å²) < 4.78 is -0.235. The second-order valence-corrected chi connectivity index (χ2v) is 5.48. The van der Waals surface area contributed by atoms with Crippen LogP contribution in [0.25, 0.3) is 0 Å². The Morgan fingerprint density at radius 1 is 1.29 bits per heavy atom. The molecule has 0 aliphatic rings. The summed E-state index contributed by atoms with van der Waals surface area (Å²) in [6, 6.07) is 0. The van der Waals surface area contributed by atoms with Crippen molar-refractivity contribution in [1.82, 2.24) is 0 Å². The summed E-state index contributed by atoms with van der Waals surface area (Å²) in [7, 11) is 1.30. The Morgan fingerprint density at radius 3 is 2.07 bits per heavy atom. The fourth-order valence-corrected chi connectivity index (χ4v) is 1.50. The lowest BCUT2D eigenvalue weighted by atomic mass is 10.3. The third-order valence-corrected chi connectivity index (χ3v) is 2.10. The quantitative estimate of drug-likeness (QED) is 0.409. The molecular formula is C9H15NO3S. The second-order valence-electron chi connectivity index (χ2n) is 3.68. The van der Waals surface area contributed by atoms with Gasteiger partial charge in [-0.15, -0.1) is 0 Å². The Balaban J connectivity index is 4.64. The Labute approximate surface area is 88.1 Å². The van der Waals surface area contributed by atoms with Gasteiger partial charge in [0, 0.05) is 11.7 Å². The summed E-state index contributed by atoms with van der Waals surface area (Å²) >= 11 is 1.06. The summed E-state index contributed by atoms with van der Waals surface area (Å²) in [4.78, 5) is 27.0. The van der Waals surface area contributed by atoms with Crippen molar-refractivity contribution in [2.45, 2.75) is 32.4 Å². The molecule has 0 amide bonds. The van der Waals surface area contributed by atoms with Gasteiger partial charge in [-0.3, -0.25) is 9.59 Å². The number of oxime groups is 1. The summed E-state index contributed by atoms with van der Waals surface area (Å²) in [5.74, 6) is -0.381. The van der Waals surface area contributed by atoms with E-state index in [9.17, 15) is 9.59 Å². The molecule has 0 aromatic rings. The van der Waals surface area contributed by atoms with Gasteiger partial charge >= 0.3 is 0 Å². The topological polar surface area (TPSA) is 55.7 Å². The SMILES string of the molecule is CON=C(C(C)=O)C(=O)SC(C)(C)C. The summed E-state index contributed by atoms with van der Waals surface area (Å²) in [5.41, 5.74) is -0.146. The van der Waals surface area contributed by atoms with Crippen molar-refractivity contribution in [3.63, 3.8) is 0 Å². The Hall–Kier alpha value is -0.840. The second kappa shape index (κ2) is 5.14. The van der Waals surface area contributed by atoms with Crippen LogP contribution in [0, 0.1) is 0 Å². The standard InChI is InChI=1S/C9H15NO3S/c1-6(11)7(10-13-5)8(12)14-9(2,3)4/h1-5H3. The molecule has 0 aliphatic heterocycles. The molecule has 0 rings (SSSR count). The molecule has 80 valence electrons. The maximum Gasteiger partial charge on any atom is 0.245 e. The number of ketones is 1. The minimum absolute atomic E-state index is 0.146. The van der Waals surface area contributed by atoms with E-state index < -0.39 is 0 Å². The molecule has 4 nitrogen and oxygen atoms in total. The van der Waals surface area contributed by atoms with Gasteiger partial charge in [0.2, 0.25) is 5.12 Å². The number of hydrogen-bond acceptors (Lipinski definition) is 5. The minimum Gasteiger partial charge on any atom is -0.398 e. The zero-order chi connectivity index (χ0) is 11.4. The highest BCUT2D eigenvalue weighted by molar-refractivity contribution is 8.16. The van der Waals surface area contributed by atoms with E-state index in [0.717, 1.165) is 11.8 Å². The van der Waals surface area contributed by atoms with Crippen LogP contribution in [-0.2, 0) is 14.4 Å². The molecule has 14 heavy (non-hydrogen) atoms. The molecule has 0 fully saturated rings. The smallest absolute Gasteiger partial charge is 0.245 e. The van der Waals surface area contributed by atoms with Crippen molar-refractivity contribution in [2.75, 3.05) is 7.11 Å². The van der Waals surface area contributed by atoms with E-state index in [0.29, 0.717) is 0 Å². The van der Waals surface area contributed by atoms with Crippen molar-refractivity contribution >= 4 is 28.4 Å². The predicted molar refractivity (Wildman–Crippen MR) is 57.5 cm³/mol. The molecule has 0 saturated carbocycles. The Bertz CT molecular complexity index is 266. The molecule has 0 atom stereocenters. The van der Waals surface area contributed by atoms with Crippen LogP contribution in [0.2, 0.25) is 0 Å². The van der Waals surface area contributed by atoms with Crippen molar-refractivity contribution in [2.24, 2.45) is 5.16 Å². The number of Topliss-reactive ketones (excluding diaryl/α,β-unsaturated/α-hetero) is 1. The first-order chi connectivity index (χ1) is 6.28. The number of carbonyl (C=O) groups excluding carboxylic acids is 2. The fraction of sp³-hybridized carbons (Fsp3) is 0.667. The van der Waals surface area contributed by atoms with Crippen LogP contribution in [-0.4, -0.2) is 28.5 Å². The largest absolute Gasteiger partial charge is 0.398 e. The van der Waals surface area contributed by atoms with E-state index in [1.165, 1.54) is 14.0 Å². The third-order valence-electron chi connectivity index (χ3n) is 1.11. The van der Waals surface area contributed by atoms with Crippen LogP contribution in [0.5, 0.6) is 0 Å². The molecule has 0 saturated heterocycles. The molecule has 0 bridgehead atoms. The monoisotopic (exact) mass is 217 g/mol. The van der Waals surface area contributed by atoms with E-state index in [2.05, 4.69) is 9.99 Å². The van der Waals surface area contributed by atoms with Gasteiger partial charge in [-0.05, 0) is 0 Å². The van der Waals surface area contributed by atoms with E-state index in [1.807, 2.05) is 20.8 Å². The van der Waals surface area contributed by atoms with Crippen molar-refractivity contribution in [3.8, 4) is 0 Å².